The van der Waals surface area contributed by atoms with Gasteiger partial charge in [-0.1, -0.05) is 0 Å². The van der Waals surface area contributed by atoms with Crippen molar-refractivity contribution in [2.75, 3.05) is 17.7 Å². The zero-order valence-electron chi connectivity index (χ0n) is 14.8. The van der Waals surface area contributed by atoms with E-state index >= 15 is 0 Å². The van der Waals surface area contributed by atoms with Crippen molar-refractivity contribution in [3.05, 3.63) is 47.5 Å². The van der Waals surface area contributed by atoms with E-state index in [-0.39, 0.29) is 11.4 Å². The van der Waals surface area contributed by atoms with Crippen molar-refractivity contribution in [2.45, 2.75) is 20.8 Å². The number of benzene rings is 1. The fraction of sp³-hybridized carbons (Fsp3) is 0.211. The summed E-state index contributed by atoms with van der Waals surface area (Å²) < 4.78 is 11.0. The van der Waals surface area contributed by atoms with Crippen LogP contribution < -0.4 is 15.8 Å². The fourth-order valence-electron chi connectivity index (χ4n) is 2.61. The van der Waals surface area contributed by atoms with Gasteiger partial charge in [-0.2, -0.15) is 10.2 Å². The number of nitrogens with one attached hydrogen (secondary N) is 1. The van der Waals surface area contributed by atoms with Crippen molar-refractivity contribution in [3.63, 3.8) is 0 Å². The molecule has 0 amide bonds. The smallest absolute Gasteiger partial charge is 0.235 e. The summed E-state index contributed by atoms with van der Waals surface area (Å²) in [5.74, 6) is 2.13. The van der Waals surface area contributed by atoms with Crippen LogP contribution in [0.2, 0.25) is 0 Å². The fourth-order valence-corrected chi connectivity index (χ4v) is 2.61. The lowest BCUT2D eigenvalue weighted by Gasteiger charge is -2.11. The first-order valence-corrected chi connectivity index (χ1v) is 8.16. The largest absolute Gasteiger partial charge is 0.477 e. The molecule has 0 saturated heterocycles. The minimum atomic E-state index is 0.224. The normalized spacial score (nSPS) is 10.4. The predicted octanol–water partition coefficient (Wildman–Crippen LogP) is 3.95. The van der Waals surface area contributed by atoms with Gasteiger partial charge in [-0.15, -0.1) is 0 Å². The van der Waals surface area contributed by atoms with E-state index in [0.29, 0.717) is 24.0 Å². The van der Waals surface area contributed by atoms with E-state index in [1.807, 2.05) is 51.1 Å². The maximum atomic E-state index is 9.18. The van der Waals surface area contributed by atoms with E-state index in [1.54, 1.807) is 6.07 Å². The molecule has 2 aromatic heterocycles. The molecule has 0 bridgehead atoms. The van der Waals surface area contributed by atoms with Crippen LogP contribution in [0.4, 0.5) is 17.2 Å². The summed E-state index contributed by atoms with van der Waals surface area (Å²) in [6, 6.07) is 11.3. The highest BCUT2D eigenvalue weighted by atomic mass is 16.5. The maximum Gasteiger partial charge on any atom is 0.235 e. The van der Waals surface area contributed by atoms with Crippen LogP contribution in [-0.4, -0.2) is 16.6 Å². The number of oxazole rings is 1. The molecule has 0 atom stereocenters. The van der Waals surface area contributed by atoms with Crippen LogP contribution >= 0.6 is 0 Å². The number of nitriles is 1. The minimum absolute atomic E-state index is 0.224. The summed E-state index contributed by atoms with van der Waals surface area (Å²) in [7, 11) is 0. The van der Waals surface area contributed by atoms with E-state index in [4.69, 9.17) is 14.9 Å². The average molecular weight is 349 g/mol. The standard InChI is InChI=1S/C19H19N5O2/c1-4-25-19-15(10-20)16(21)9-17(24-19)23-14-7-5-13(6-8-14)18-11(2)22-12(3)26-18/h5-9H,4H2,1-3H3,(H3,21,23,24). The molecule has 0 saturated carbocycles. The number of pyridine rings is 1. The molecule has 0 radical (unpaired) electrons. The zero-order valence-corrected chi connectivity index (χ0v) is 14.8. The average Bonchev–Trinajstić information content (AvgIpc) is 2.94. The van der Waals surface area contributed by atoms with Crippen molar-refractivity contribution in [2.24, 2.45) is 0 Å². The topological polar surface area (TPSA) is 110 Å². The van der Waals surface area contributed by atoms with E-state index < -0.39 is 0 Å². The second-order valence-corrected chi connectivity index (χ2v) is 5.67. The number of hydrogen-bond acceptors (Lipinski definition) is 7. The second-order valence-electron chi connectivity index (χ2n) is 5.67. The molecule has 3 N–H and O–H groups in total. The van der Waals surface area contributed by atoms with Crippen molar-refractivity contribution < 1.29 is 9.15 Å². The summed E-state index contributed by atoms with van der Waals surface area (Å²) in [6.45, 7) is 5.96. The number of anilines is 3. The van der Waals surface area contributed by atoms with Crippen molar-refractivity contribution in [3.8, 4) is 23.3 Å². The Bertz CT molecular complexity index is 971. The Morgan fingerprint density at radius 3 is 2.54 bits per heavy atom. The van der Waals surface area contributed by atoms with Gasteiger partial charge >= 0.3 is 0 Å². The zero-order chi connectivity index (χ0) is 18.7. The molecular formula is C19H19N5O2. The molecule has 3 aromatic rings. The van der Waals surface area contributed by atoms with Crippen LogP contribution in [0.3, 0.4) is 0 Å². The summed E-state index contributed by atoms with van der Waals surface area (Å²) in [4.78, 5) is 8.61. The first-order valence-electron chi connectivity index (χ1n) is 8.16. The van der Waals surface area contributed by atoms with Gasteiger partial charge in [0.1, 0.15) is 17.5 Å². The van der Waals surface area contributed by atoms with Gasteiger partial charge in [-0.25, -0.2) is 4.98 Å². The predicted molar refractivity (Wildman–Crippen MR) is 99.2 cm³/mol. The Kier molecular flexibility index (Phi) is 4.76. The summed E-state index contributed by atoms with van der Waals surface area (Å²) in [6.07, 6.45) is 0. The Labute approximate surface area is 151 Å². The first kappa shape index (κ1) is 17.3. The molecular weight excluding hydrogens is 330 g/mol. The number of nitrogen functional groups attached to an aromatic ring is 1. The molecule has 0 aliphatic carbocycles. The number of ether oxygens (including phenoxy) is 1. The van der Waals surface area contributed by atoms with E-state index in [0.717, 1.165) is 22.7 Å². The van der Waals surface area contributed by atoms with Gasteiger partial charge in [-0.3, -0.25) is 0 Å². The Balaban J connectivity index is 1.85. The number of nitrogens with two attached hydrogens (primary N) is 1. The molecule has 0 fully saturated rings. The number of aryl methyl sites for hydroxylation is 2. The van der Waals surface area contributed by atoms with Gasteiger partial charge in [0.15, 0.2) is 11.7 Å². The third kappa shape index (κ3) is 3.44. The van der Waals surface area contributed by atoms with E-state index in [2.05, 4.69) is 15.3 Å². The van der Waals surface area contributed by atoms with Crippen LogP contribution in [0.5, 0.6) is 5.88 Å². The van der Waals surface area contributed by atoms with Crippen molar-refractivity contribution in [1.82, 2.24) is 9.97 Å². The van der Waals surface area contributed by atoms with Crippen LogP contribution in [0.1, 0.15) is 24.1 Å². The van der Waals surface area contributed by atoms with Crippen molar-refractivity contribution >= 4 is 17.2 Å². The molecule has 2 heterocycles. The van der Waals surface area contributed by atoms with E-state index in [1.165, 1.54) is 0 Å². The highest BCUT2D eigenvalue weighted by molar-refractivity contribution is 5.69. The lowest BCUT2D eigenvalue weighted by Crippen LogP contribution is -2.04. The molecule has 7 nitrogen and oxygen atoms in total. The SMILES string of the molecule is CCOc1nc(Nc2ccc(-c3oc(C)nc3C)cc2)cc(N)c1C#N. The van der Waals surface area contributed by atoms with E-state index in [9.17, 15) is 5.26 Å². The summed E-state index contributed by atoms with van der Waals surface area (Å²) in [5.41, 5.74) is 9.11. The van der Waals surface area contributed by atoms with Crippen molar-refractivity contribution in [1.29, 1.82) is 5.26 Å². The lowest BCUT2D eigenvalue weighted by atomic mass is 10.1. The third-order valence-corrected chi connectivity index (χ3v) is 3.73. The molecule has 0 aliphatic rings. The molecule has 7 heteroatoms. The monoisotopic (exact) mass is 349 g/mol. The first-order chi connectivity index (χ1) is 12.5. The highest BCUT2D eigenvalue weighted by Gasteiger charge is 2.13. The molecule has 3 rings (SSSR count). The quantitative estimate of drug-likeness (QED) is 0.717. The third-order valence-electron chi connectivity index (χ3n) is 3.73. The van der Waals surface area contributed by atoms with Gasteiger partial charge in [0.05, 0.1) is 18.0 Å². The summed E-state index contributed by atoms with van der Waals surface area (Å²) >= 11 is 0. The molecule has 1 aromatic carbocycles. The Morgan fingerprint density at radius 1 is 1.23 bits per heavy atom. The minimum Gasteiger partial charge on any atom is -0.477 e. The van der Waals surface area contributed by atoms with Gasteiger partial charge in [0.25, 0.3) is 0 Å². The lowest BCUT2D eigenvalue weighted by molar-refractivity contribution is 0.326. The van der Waals surface area contributed by atoms with Gasteiger partial charge in [0, 0.05) is 24.2 Å². The van der Waals surface area contributed by atoms with Gasteiger partial charge < -0.3 is 20.2 Å². The molecule has 0 unspecified atom stereocenters. The second kappa shape index (κ2) is 7.15. The Hall–Kier alpha value is -3.53. The molecule has 132 valence electrons. The number of rotatable bonds is 5. The van der Waals surface area contributed by atoms with Crippen LogP contribution in [0.25, 0.3) is 11.3 Å². The molecule has 26 heavy (non-hydrogen) atoms. The van der Waals surface area contributed by atoms with Crippen LogP contribution in [0.15, 0.2) is 34.7 Å². The number of aromatic nitrogens is 2. The van der Waals surface area contributed by atoms with Gasteiger partial charge in [-0.05, 0) is 38.1 Å². The number of nitrogens with zero attached hydrogens (tertiary/aromatic N) is 3. The maximum absolute atomic E-state index is 9.18. The molecule has 0 aliphatic heterocycles. The summed E-state index contributed by atoms with van der Waals surface area (Å²) in [5, 5.41) is 12.4. The van der Waals surface area contributed by atoms with Crippen LogP contribution in [-0.2, 0) is 0 Å². The van der Waals surface area contributed by atoms with Gasteiger partial charge in [0.2, 0.25) is 5.88 Å². The number of hydrogen-bond donors (Lipinski definition) is 2. The van der Waals surface area contributed by atoms with Crippen LogP contribution in [0, 0.1) is 25.2 Å². The molecule has 0 spiro atoms. The Morgan fingerprint density at radius 2 is 1.96 bits per heavy atom. The highest BCUT2D eigenvalue weighted by Crippen LogP contribution is 2.29.